The number of β-amino-alcohol motifs (C(OH)–C–C–N with tert-alkyl or cyclic N) is 1. The van der Waals surface area contributed by atoms with Gasteiger partial charge in [0.15, 0.2) is 6.54 Å². The van der Waals surface area contributed by atoms with Gasteiger partial charge < -0.3 is 5.11 Å². The normalized spacial score (nSPS) is 22.9. The molecule has 1 atom stereocenters. The zero-order chi connectivity index (χ0) is 18.1. The summed E-state index contributed by atoms with van der Waals surface area (Å²) >= 11 is 0. The number of nitrogens with zero attached hydrogens (tertiary/aromatic N) is 3. The molecule has 0 bridgehead atoms. The number of anilines is 1. The lowest BCUT2D eigenvalue weighted by molar-refractivity contribution is -0.658. The summed E-state index contributed by atoms with van der Waals surface area (Å²) in [6.45, 7) is 1.12. The third-order valence-corrected chi connectivity index (χ3v) is 5.32. The van der Waals surface area contributed by atoms with Crippen molar-refractivity contribution < 1.29 is 14.6 Å². The topological polar surface area (TPSA) is 69.6 Å². The summed E-state index contributed by atoms with van der Waals surface area (Å²) in [5.74, 6) is 1.10. The quantitative estimate of drug-likeness (QED) is 0.523. The first kappa shape index (κ1) is 16.7. The minimum atomic E-state index is -1.26. The van der Waals surface area contributed by atoms with Gasteiger partial charge in [-0.25, -0.2) is 9.48 Å². The fourth-order valence-electron chi connectivity index (χ4n) is 4.03. The van der Waals surface area contributed by atoms with E-state index in [4.69, 9.17) is 0 Å². The molecule has 0 aromatic heterocycles. The maximum Gasteiger partial charge on any atom is 0.271 e. The highest BCUT2D eigenvalue weighted by atomic mass is 16.6. The van der Waals surface area contributed by atoms with Crippen molar-refractivity contribution >= 4 is 17.2 Å². The number of non-ortho nitro benzene ring substituents is 1. The average Bonchev–Trinajstić information content (AvgIpc) is 2.82. The van der Waals surface area contributed by atoms with Gasteiger partial charge in [-0.2, -0.15) is 0 Å². The van der Waals surface area contributed by atoms with Crippen LogP contribution < -0.4 is 4.90 Å². The number of amidine groups is 1. The van der Waals surface area contributed by atoms with Gasteiger partial charge in [0, 0.05) is 24.1 Å². The Morgan fingerprint density at radius 2 is 1.88 bits per heavy atom. The predicted octanol–water partition coefficient (Wildman–Crippen LogP) is 3.25. The molecule has 26 heavy (non-hydrogen) atoms. The molecule has 0 amide bonds. The van der Waals surface area contributed by atoms with Crippen LogP contribution in [-0.2, 0) is 5.72 Å². The molecule has 0 spiro atoms. The van der Waals surface area contributed by atoms with Crippen molar-refractivity contribution in [3.05, 3.63) is 70.3 Å². The van der Waals surface area contributed by atoms with Crippen molar-refractivity contribution in [2.75, 3.05) is 18.0 Å². The van der Waals surface area contributed by atoms with E-state index in [0.717, 1.165) is 43.8 Å². The van der Waals surface area contributed by atoms with Crippen LogP contribution in [0.2, 0.25) is 0 Å². The number of nitro benzene ring substituents is 1. The maximum atomic E-state index is 11.7. The van der Waals surface area contributed by atoms with Crippen LogP contribution in [0.25, 0.3) is 0 Å². The second-order valence-electron chi connectivity index (χ2n) is 6.92. The molecule has 2 aromatic rings. The van der Waals surface area contributed by atoms with Crippen molar-refractivity contribution in [1.82, 2.24) is 0 Å². The number of para-hydroxylation sites is 1. The molecular formula is C20H22N3O3+. The Balaban J connectivity index is 1.82. The molecule has 0 unspecified atom stereocenters. The second kappa shape index (κ2) is 6.53. The lowest BCUT2D eigenvalue weighted by atomic mass is 10.0. The average molecular weight is 352 g/mol. The van der Waals surface area contributed by atoms with Gasteiger partial charge in [-0.15, -0.1) is 0 Å². The molecule has 0 radical (unpaired) electrons. The summed E-state index contributed by atoms with van der Waals surface area (Å²) in [6, 6.07) is 16.4. The van der Waals surface area contributed by atoms with E-state index in [-0.39, 0.29) is 5.69 Å². The van der Waals surface area contributed by atoms with Gasteiger partial charge in [0.05, 0.1) is 11.5 Å². The van der Waals surface area contributed by atoms with E-state index in [1.807, 2.05) is 34.9 Å². The van der Waals surface area contributed by atoms with Crippen LogP contribution in [0.15, 0.2) is 54.6 Å². The molecule has 2 aromatic carbocycles. The highest BCUT2D eigenvalue weighted by Crippen LogP contribution is 2.36. The largest absolute Gasteiger partial charge is 0.346 e. The standard InChI is InChI=1S/C20H22N3O3/c24-20(16-8-7-11-18(14-16)23(25)26)15-21(17-9-3-1-4-10-17)19-12-5-2-6-13-22(19)20/h1,3-4,7-11,14,24H,2,5-6,12-13,15H2/q+1/t20-/m0/s1. The summed E-state index contributed by atoms with van der Waals surface area (Å²) in [7, 11) is 0. The minimum absolute atomic E-state index is 0.00505. The number of rotatable bonds is 3. The van der Waals surface area contributed by atoms with Crippen LogP contribution in [0.3, 0.4) is 0 Å². The van der Waals surface area contributed by atoms with E-state index in [9.17, 15) is 15.2 Å². The predicted molar refractivity (Wildman–Crippen MR) is 99.4 cm³/mol. The van der Waals surface area contributed by atoms with Crippen LogP contribution in [-0.4, -0.2) is 33.5 Å². The third kappa shape index (κ3) is 2.76. The summed E-state index contributed by atoms with van der Waals surface area (Å²) in [5, 5.41) is 22.9. The lowest BCUT2D eigenvalue weighted by Gasteiger charge is -2.23. The van der Waals surface area contributed by atoms with E-state index in [1.54, 1.807) is 12.1 Å². The van der Waals surface area contributed by atoms with Gasteiger partial charge in [0.1, 0.15) is 5.69 Å². The molecule has 2 heterocycles. The Labute approximate surface area is 152 Å². The SMILES string of the molecule is O=[N+]([O-])c1cccc([C@@]2(O)CN(c3ccccc3)C3=[N+]2CCCCC3)c1. The van der Waals surface area contributed by atoms with E-state index in [2.05, 4.69) is 4.90 Å². The number of hydrogen-bond acceptors (Lipinski definition) is 4. The van der Waals surface area contributed by atoms with E-state index in [1.165, 1.54) is 12.1 Å². The summed E-state index contributed by atoms with van der Waals surface area (Å²) in [5.41, 5.74) is 0.354. The minimum Gasteiger partial charge on any atom is -0.346 e. The molecule has 4 rings (SSSR count). The van der Waals surface area contributed by atoms with Crippen molar-refractivity contribution in [3.8, 4) is 0 Å². The van der Waals surface area contributed by atoms with Crippen LogP contribution >= 0.6 is 0 Å². The van der Waals surface area contributed by atoms with Crippen LogP contribution in [0.5, 0.6) is 0 Å². The van der Waals surface area contributed by atoms with Crippen molar-refractivity contribution in [1.29, 1.82) is 0 Å². The molecule has 0 aliphatic carbocycles. The summed E-state index contributed by atoms with van der Waals surface area (Å²) in [4.78, 5) is 12.9. The summed E-state index contributed by atoms with van der Waals surface area (Å²) in [6.07, 6.45) is 4.10. The van der Waals surface area contributed by atoms with Crippen molar-refractivity contribution in [2.45, 2.75) is 31.4 Å². The summed E-state index contributed by atoms with van der Waals surface area (Å²) < 4.78 is 2.05. The number of benzene rings is 2. The maximum absolute atomic E-state index is 11.7. The van der Waals surface area contributed by atoms with Gasteiger partial charge in [-0.3, -0.25) is 10.1 Å². The first-order valence-corrected chi connectivity index (χ1v) is 9.03. The molecule has 2 aliphatic rings. The van der Waals surface area contributed by atoms with Gasteiger partial charge in [-0.05, 0) is 31.4 Å². The van der Waals surface area contributed by atoms with Gasteiger partial charge in [0.2, 0.25) is 0 Å². The molecule has 1 N–H and O–H groups in total. The fourth-order valence-corrected chi connectivity index (χ4v) is 4.03. The van der Waals surface area contributed by atoms with Gasteiger partial charge >= 0.3 is 0 Å². The van der Waals surface area contributed by atoms with Crippen molar-refractivity contribution in [2.24, 2.45) is 0 Å². The third-order valence-electron chi connectivity index (χ3n) is 5.32. The number of hydrogen-bond donors (Lipinski definition) is 1. The molecule has 0 saturated heterocycles. The molecule has 6 heteroatoms. The molecule has 0 saturated carbocycles. The smallest absolute Gasteiger partial charge is 0.271 e. The zero-order valence-electron chi connectivity index (χ0n) is 14.5. The van der Waals surface area contributed by atoms with Gasteiger partial charge in [0.25, 0.3) is 17.2 Å². The lowest BCUT2D eigenvalue weighted by Crippen LogP contribution is -2.41. The number of aliphatic hydroxyl groups is 1. The van der Waals surface area contributed by atoms with Crippen molar-refractivity contribution in [3.63, 3.8) is 0 Å². The Hall–Kier alpha value is -2.73. The first-order valence-electron chi connectivity index (χ1n) is 9.03. The first-order chi connectivity index (χ1) is 12.6. The van der Waals surface area contributed by atoms with E-state index in [0.29, 0.717) is 12.1 Å². The van der Waals surface area contributed by atoms with Crippen LogP contribution in [0, 0.1) is 10.1 Å². The fraction of sp³-hybridized carbons (Fsp3) is 0.350. The zero-order valence-corrected chi connectivity index (χ0v) is 14.5. The van der Waals surface area contributed by atoms with Gasteiger partial charge in [-0.1, -0.05) is 30.3 Å². The molecule has 2 aliphatic heterocycles. The molecular weight excluding hydrogens is 330 g/mol. The molecule has 6 nitrogen and oxygen atoms in total. The number of nitro groups is 1. The Kier molecular flexibility index (Phi) is 4.20. The highest BCUT2D eigenvalue weighted by Gasteiger charge is 2.52. The van der Waals surface area contributed by atoms with E-state index < -0.39 is 10.6 Å². The Morgan fingerprint density at radius 3 is 2.65 bits per heavy atom. The highest BCUT2D eigenvalue weighted by molar-refractivity contribution is 5.95. The second-order valence-corrected chi connectivity index (χ2v) is 6.92. The Morgan fingerprint density at radius 1 is 1.08 bits per heavy atom. The molecule has 134 valence electrons. The van der Waals surface area contributed by atoms with Crippen LogP contribution in [0.4, 0.5) is 11.4 Å². The Bertz CT molecular complexity index is 866. The van der Waals surface area contributed by atoms with E-state index >= 15 is 0 Å². The molecule has 0 fully saturated rings. The van der Waals surface area contributed by atoms with Crippen LogP contribution in [0.1, 0.15) is 31.2 Å². The monoisotopic (exact) mass is 352 g/mol.